The Hall–Kier alpha value is -2.62. The molecule has 0 fully saturated rings. The minimum Gasteiger partial charge on any atom is -0.452 e. The minimum atomic E-state index is -0.457. The van der Waals surface area contributed by atoms with Crippen LogP contribution in [0.5, 0.6) is 0 Å². The maximum Gasteiger partial charge on any atom is 0.339 e. The Kier molecular flexibility index (Phi) is 5.62. The van der Waals surface area contributed by atoms with Crippen molar-refractivity contribution < 1.29 is 14.3 Å². The smallest absolute Gasteiger partial charge is 0.339 e. The molecule has 2 aromatic carbocycles. The van der Waals surface area contributed by atoms with Crippen LogP contribution in [-0.4, -0.2) is 18.5 Å². The van der Waals surface area contributed by atoms with E-state index < -0.39 is 5.97 Å². The molecule has 1 N–H and O–H groups in total. The highest BCUT2D eigenvalue weighted by molar-refractivity contribution is 5.97. The lowest BCUT2D eigenvalue weighted by molar-refractivity contribution is -0.119. The second-order valence-electron chi connectivity index (χ2n) is 6.44. The van der Waals surface area contributed by atoms with E-state index in [1.165, 1.54) is 5.56 Å². The average Bonchev–Trinajstić information content (AvgIpc) is 2.58. The van der Waals surface area contributed by atoms with Gasteiger partial charge in [-0.25, -0.2) is 4.79 Å². The Morgan fingerprint density at radius 1 is 0.840 bits per heavy atom. The number of ether oxygens (including phenoxy) is 1. The molecular formula is C21H25NO3. The number of benzene rings is 2. The van der Waals surface area contributed by atoms with E-state index in [4.69, 9.17) is 4.74 Å². The van der Waals surface area contributed by atoms with Crippen molar-refractivity contribution in [2.75, 3.05) is 11.9 Å². The molecule has 0 bridgehead atoms. The lowest BCUT2D eigenvalue weighted by Gasteiger charge is -2.17. The molecule has 1 amide bonds. The summed E-state index contributed by atoms with van der Waals surface area (Å²) in [5, 5.41) is 2.76. The number of esters is 1. The number of hydrogen-bond acceptors (Lipinski definition) is 3. The fraction of sp³-hybridized carbons (Fsp3) is 0.333. The fourth-order valence-electron chi connectivity index (χ4n) is 2.91. The maximum absolute atomic E-state index is 12.5. The third-order valence-corrected chi connectivity index (χ3v) is 4.96. The van der Waals surface area contributed by atoms with Crippen LogP contribution in [0.3, 0.4) is 0 Å². The van der Waals surface area contributed by atoms with E-state index in [1.54, 1.807) is 0 Å². The van der Waals surface area contributed by atoms with Crippen molar-refractivity contribution in [1.29, 1.82) is 0 Å². The van der Waals surface area contributed by atoms with Gasteiger partial charge in [0, 0.05) is 5.69 Å². The number of nitrogens with one attached hydrogen (secondary N) is 1. The molecule has 4 nitrogen and oxygen atoms in total. The first-order chi connectivity index (χ1) is 11.7. The monoisotopic (exact) mass is 339 g/mol. The SMILES string of the molecule is Cc1ccccc1NC(=O)COC(=O)c1c(C)c(C)c(C)c(C)c1C. The zero-order valence-electron chi connectivity index (χ0n) is 15.7. The molecule has 0 spiro atoms. The van der Waals surface area contributed by atoms with Crippen molar-refractivity contribution in [2.24, 2.45) is 0 Å². The summed E-state index contributed by atoms with van der Waals surface area (Å²) >= 11 is 0. The zero-order valence-corrected chi connectivity index (χ0v) is 15.7. The highest BCUT2D eigenvalue weighted by Gasteiger charge is 2.20. The Labute approximate surface area is 149 Å². The van der Waals surface area contributed by atoms with E-state index in [1.807, 2.05) is 58.9 Å². The number of rotatable bonds is 4. The third-order valence-electron chi connectivity index (χ3n) is 4.96. The molecule has 0 heterocycles. The summed E-state index contributed by atoms with van der Waals surface area (Å²) in [4.78, 5) is 24.6. The Morgan fingerprint density at radius 3 is 1.92 bits per heavy atom. The highest BCUT2D eigenvalue weighted by atomic mass is 16.5. The molecule has 0 aromatic heterocycles. The lowest BCUT2D eigenvalue weighted by Crippen LogP contribution is -2.22. The van der Waals surface area contributed by atoms with E-state index >= 15 is 0 Å². The van der Waals surface area contributed by atoms with Crippen molar-refractivity contribution >= 4 is 17.6 Å². The van der Waals surface area contributed by atoms with Gasteiger partial charge in [-0.1, -0.05) is 18.2 Å². The van der Waals surface area contributed by atoms with Crippen LogP contribution in [0.1, 0.15) is 43.7 Å². The van der Waals surface area contributed by atoms with Gasteiger partial charge in [-0.05, 0) is 81.0 Å². The molecule has 0 radical (unpaired) electrons. The Morgan fingerprint density at radius 2 is 1.36 bits per heavy atom. The van der Waals surface area contributed by atoms with Crippen LogP contribution in [0.15, 0.2) is 24.3 Å². The molecule has 0 saturated carbocycles. The number of amides is 1. The summed E-state index contributed by atoms with van der Waals surface area (Å²) < 4.78 is 5.26. The van der Waals surface area contributed by atoms with Gasteiger partial charge in [0.1, 0.15) is 0 Å². The van der Waals surface area contributed by atoms with Crippen molar-refractivity contribution in [1.82, 2.24) is 0 Å². The number of carbonyl (C=O) groups excluding carboxylic acids is 2. The molecule has 0 atom stereocenters. The number of anilines is 1. The molecule has 0 saturated heterocycles. The summed E-state index contributed by atoms with van der Waals surface area (Å²) in [6.07, 6.45) is 0. The van der Waals surface area contributed by atoms with Gasteiger partial charge in [0.2, 0.25) is 0 Å². The van der Waals surface area contributed by atoms with E-state index in [9.17, 15) is 9.59 Å². The maximum atomic E-state index is 12.5. The van der Waals surface area contributed by atoms with Crippen molar-refractivity contribution in [3.8, 4) is 0 Å². The number of aryl methyl sites for hydroxylation is 1. The zero-order chi connectivity index (χ0) is 18.7. The summed E-state index contributed by atoms with van der Waals surface area (Å²) in [5.41, 5.74) is 7.40. The van der Waals surface area contributed by atoms with Gasteiger partial charge in [-0.3, -0.25) is 4.79 Å². The fourth-order valence-corrected chi connectivity index (χ4v) is 2.91. The van der Waals surface area contributed by atoms with Crippen molar-refractivity contribution in [3.63, 3.8) is 0 Å². The average molecular weight is 339 g/mol. The molecule has 25 heavy (non-hydrogen) atoms. The van der Waals surface area contributed by atoms with Crippen molar-refractivity contribution in [2.45, 2.75) is 41.5 Å². The molecule has 0 aliphatic carbocycles. The third kappa shape index (κ3) is 3.90. The van der Waals surface area contributed by atoms with E-state index in [0.29, 0.717) is 5.56 Å². The number of para-hydroxylation sites is 1. The second-order valence-corrected chi connectivity index (χ2v) is 6.44. The summed E-state index contributed by atoms with van der Waals surface area (Å²) in [6.45, 7) is 11.5. The van der Waals surface area contributed by atoms with E-state index in [0.717, 1.165) is 33.5 Å². The van der Waals surface area contributed by atoms with Gasteiger partial charge in [0.15, 0.2) is 6.61 Å². The molecule has 4 heteroatoms. The summed E-state index contributed by atoms with van der Waals surface area (Å²) in [5.74, 6) is -0.806. The van der Waals surface area contributed by atoms with Crippen LogP contribution in [0.25, 0.3) is 0 Å². The summed E-state index contributed by atoms with van der Waals surface area (Å²) in [7, 11) is 0. The van der Waals surface area contributed by atoms with Gasteiger partial charge < -0.3 is 10.1 Å². The van der Waals surface area contributed by atoms with Gasteiger partial charge in [0.25, 0.3) is 5.91 Å². The highest BCUT2D eigenvalue weighted by Crippen LogP contribution is 2.26. The molecule has 2 aromatic rings. The Balaban J connectivity index is 2.11. The van der Waals surface area contributed by atoms with Gasteiger partial charge in [-0.2, -0.15) is 0 Å². The first-order valence-electron chi connectivity index (χ1n) is 8.33. The van der Waals surface area contributed by atoms with Crippen LogP contribution in [-0.2, 0) is 9.53 Å². The van der Waals surface area contributed by atoms with Crippen LogP contribution in [0.4, 0.5) is 5.69 Å². The number of carbonyl (C=O) groups is 2. The largest absolute Gasteiger partial charge is 0.452 e. The predicted molar refractivity (Wildman–Crippen MR) is 100 cm³/mol. The lowest BCUT2D eigenvalue weighted by atomic mass is 9.90. The second kappa shape index (κ2) is 7.51. The first kappa shape index (κ1) is 18.7. The van der Waals surface area contributed by atoms with Crippen molar-refractivity contribution in [3.05, 3.63) is 63.2 Å². The van der Waals surface area contributed by atoms with E-state index in [2.05, 4.69) is 12.2 Å². The molecule has 132 valence electrons. The standard InChI is InChI=1S/C21H25NO3/c1-12-9-7-8-10-18(12)22-19(23)11-25-21(24)20-16(5)14(3)13(2)15(4)17(20)6/h7-10H,11H2,1-6H3,(H,22,23). The quantitative estimate of drug-likeness (QED) is 0.843. The number of hydrogen-bond donors (Lipinski definition) is 1. The van der Waals surface area contributed by atoms with Gasteiger partial charge in [0.05, 0.1) is 5.56 Å². The molecular weight excluding hydrogens is 314 g/mol. The van der Waals surface area contributed by atoms with Gasteiger partial charge in [-0.15, -0.1) is 0 Å². The Bertz CT molecular complexity index is 808. The van der Waals surface area contributed by atoms with Crippen LogP contribution >= 0.6 is 0 Å². The predicted octanol–water partition coefficient (Wildman–Crippen LogP) is 4.33. The molecule has 0 unspecified atom stereocenters. The van der Waals surface area contributed by atoms with E-state index in [-0.39, 0.29) is 12.5 Å². The van der Waals surface area contributed by atoms with Gasteiger partial charge >= 0.3 is 5.97 Å². The molecule has 0 aliphatic heterocycles. The topological polar surface area (TPSA) is 55.4 Å². The normalized spacial score (nSPS) is 10.5. The molecule has 0 aliphatic rings. The van der Waals surface area contributed by atoms with Crippen LogP contribution < -0.4 is 5.32 Å². The van der Waals surface area contributed by atoms with Crippen LogP contribution in [0.2, 0.25) is 0 Å². The van der Waals surface area contributed by atoms with Crippen LogP contribution in [0, 0.1) is 41.5 Å². The summed E-state index contributed by atoms with van der Waals surface area (Å²) in [6, 6.07) is 7.47. The molecule has 2 rings (SSSR count). The first-order valence-corrected chi connectivity index (χ1v) is 8.33. The minimum absolute atomic E-state index is 0.308.